The first-order valence-corrected chi connectivity index (χ1v) is 6.38. The van der Waals surface area contributed by atoms with Gasteiger partial charge in [-0.2, -0.15) is 12.6 Å². The van der Waals surface area contributed by atoms with Crippen molar-refractivity contribution < 1.29 is 0 Å². The minimum absolute atomic E-state index is 0.729. The van der Waals surface area contributed by atoms with E-state index in [1.54, 1.807) is 0 Å². The average Bonchev–Trinajstić information content (AvgIpc) is 2.25. The highest BCUT2D eigenvalue weighted by Gasteiger charge is 2.71. The van der Waals surface area contributed by atoms with Gasteiger partial charge in [-0.1, -0.05) is 20.3 Å². The molecular formula is C12H20S. The van der Waals surface area contributed by atoms with Crippen LogP contribution >= 0.6 is 12.6 Å². The van der Waals surface area contributed by atoms with Crippen LogP contribution in [-0.2, 0) is 0 Å². The molecule has 5 fully saturated rings. The van der Waals surface area contributed by atoms with Crippen molar-refractivity contribution in [3.63, 3.8) is 0 Å². The lowest BCUT2D eigenvalue weighted by molar-refractivity contribution is -0.243. The maximum Gasteiger partial charge on any atom is 0.00813 e. The molecule has 4 bridgehead atoms. The molecule has 13 heavy (non-hydrogen) atoms. The molecule has 0 aromatic heterocycles. The fourth-order valence-corrected chi connectivity index (χ4v) is 5.51. The topological polar surface area (TPSA) is 0 Å². The standard InChI is InChI=1S/C12H20S/c1-3-7-4-5-9-8-6-12(9,2)10(8)11(7)13/h7-11,13H,3-6H2,1-2H3. The highest BCUT2D eigenvalue weighted by molar-refractivity contribution is 7.81. The summed E-state index contributed by atoms with van der Waals surface area (Å²) in [6.07, 6.45) is 5.83. The lowest BCUT2D eigenvalue weighted by atomic mass is 9.32. The Balaban J connectivity index is 1.85. The van der Waals surface area contributed by atoms with Gasteiger partial charge in [-0.05, 0) is 48.3 Å². The number of rotatable bonds is 1. The van der Waals surface area contributed by atoms with Gasteiger partial charge in [0, 0.05) is 5.25 Å². The summed E-state index contributed by atoms with van der Waals surface area (Å²) in [5.74, 6) is 4.10. The molecule has 0 aromatic rings. The number of hydrogen-bond acceptors (Lipinski definition) is 1. The molecule has 6 atom stereocenters. The zero-order valence-electron chi connectivity index (χ0n) is 8.66. The van der Waals surface area contributed by atoms with Crippen LogP contribution in [0.1, 0.15) is 39.5 Å². The average molecular weight is 196 g/mol. The summed E-state index contributed by atoms with van der Waals surface area (Å²) in [4.78, 5) is 0. The van der Waals surface area contributed by atoms with E-state index in [1.165, 1.54) is 25.7 Å². The van der Waals surface area contributed by atoms with Crippen molar-refractivity contribution in [1.82, 2.24) is 0 Å². The molecule has 5 aliphatic rings. The fourth-order valence-electron chi connectivity index (χ4n) is 4.59. The molecule has 0 N–H and O–H groups in total. The third-order valence-corrected chi connectivity index (χ3v) is 6.23. The van der Waals surface area contributed by atoms with Gasteiger partial charge < -0.3 is 0 Å². The predicted octanol–water partition coefficient (Wildman–Crippen LogP) is 3.38. The lowest BCUT2D eigenvalue weighted by Crippen LogP contribution is -2.69. The van der Waals surface area contributed by atoms with Crippen LogP contribution in [0.5, 0.6) is 0 Å². The van der Waals surface area contributed by atoms with Gasteiger partial charge in [-0.15, -0.1) is 0 Å². The largest absolute Gasteiger partial charge is 0.175 e. The molecule has 5 aliphatic carbocycles. The van der Waals surface area contributed by atoms with Crippen LogP contribution in [0.25, 0.3) is 0 Å². The van der Waals surface area contributed by atoms with Gasteiger partial charge in [0.1, 0.15) is 0 Å². The Hall–Kier alpha value is 0.350. The molecule has 6 unspecified atom stereocenters. The van der Waals surface area contributed by atoms with Gasteiger partial charge in [0.05, 0.1) is 0 Å². The van der Waals surface area contributed by atoms with Gasteiger partial charge in [0.2, 0.25) is 0 Å². The highest BCUT2D eigenvalue weighted by atomic mass is 32.1. The Bertz CT molecular complexity index is 237. The van der Waals surface area contributed by atoms with Gasteiger partial charge in [0.25, 0.3) is 0 Å². The Morgan fingerprint density at radius 3 is 2.69 bits per heavy atom. The Labute approximate surface area is 86.9 Å². The van der Waals surface area contributed by atoms with E-state index in [0.717, 1.165) is 34.3 Å². The summed E-state index contributed by atoms with van der Waals surface area (Å²) >= 11 is 4.88. The Morgan fingerprint density at radius 2 is 2.15 bits per heavy atom. The van der Waals surface area contributed by atoms with Gasteiger partial charge >= 0.3 is 0 Å². The molecule has 74 valence electrons. The van der Waals surface area contributed by atoms with Crippen molar-refractivity contribution in [3.05, 3.63) is 0 Å². The van der Waals surface area contributed by atoms with E-state index in [1.807, 2.05) is 0 Å². The van der Waals surface area contributed by atoms with E-state index in [-0.39, 0.29) is 0 Å². The summed E-state index contributed by atoms with van der Waals surface area (Å²) in [5.41, 5.74) is 0.737. The summed E-state index contributed by atoms with van der Waals surface area (Å²) in [6.45, 7) is 4.86. The molecule has 0 spiro atoms. The molecule has 0 saturated heterocycles. The summed E-state index contributed by atoms with van der Waals surface area (Å²) in [5, 5.41) is 0.729. The third-order valence-electron chi connectivity index (χ3n) is 5.49. The first kappa shape index (κ1) is 8.64. The second-order valence-electron chi connectivity index (χ2n) is 5.74. The van der Waals surface area contributed by atoms with Crippen LogP contribution in [0.3, 0.4) is 0 Å². The molecule has 5 rings (SSSR count). The molecule has 5 saturated carbocycles. The minimum Gasteiger partial charge on any atom is -0.175 e. The normalized spacial score (nSPS) is 63.5. The molecule has 0 aromatic carbocycles. The van der Waals surface area contributed by atoms with Crippen molar-refractivity contribution in [2.45, 2.75) is 44.8 Å². The van der Waals surface area contributed by atoms with Crippen molar-refractivity contribution in [2.24, 2.45) is 29.1 Å². The summed E-state index contributed by atoms with van der Waals surface area (Å²) < 4.78 is 0. The Kier molecular flexibility index (Phi) is 1.65. The quantitative estimate of drug-likeness (QED) is 0.611. The molecule has 0 heterocycles. The zero-order chi connectivity index (χ0) is 9.22. The molecule has 0 aliphatic heterocycles. The van der Waals surface area contributed by atoms with Crippen LogP contribution in [0.2, 0.25) is 0 Å². The SMILES string of the molecule is CCC1CCC2C3CC2(C)C3C1S. The number of thiol groups is 1. The maximum atomic E-state index is 4.88. The summed E-state index contributed by atoms with van der Waals surface area (Å²) in [6, 6.07) is 0. The second kappa shape index (κ2) is 2.48. The summed E-state index contributed by atoms with van der Waals surface area (Å²) in [7, 11) is 0. The molecule has 0 nitrogen and oxygen atoms in total. The van der Waals surface area contributed by atoms with Crippen molar-refractivity contribution in [1.29, 1.82) is 0 Å². The molecule has 0 radical (unpaired) electrons. The molecular weight excluding hydrogens is 176 g/mol. The van der Waals surface area contributed by atoms with Crippen molar-refractivity contribution in [2.75, 3.05) is 0 Å². The number of fused-ring (bicyclic) bond motifs is 3. The van der Waals surface area contributed by atoms with Crippen molar-refractivity contribution >= 4 is 12.6 Å². The zero-order valence-corrected chi connectivity index (χ0v) is 9.56. The number of hydrogen-bond donors (Lipinski definition) is 1. The van der Waals surface area contributed by atoms with E-state index in [0.29, 0.717) is 0 Å². The Morgan fingerprint density at radius 1 is 1.38 bits per heavy atom. The fraction of sp³-hybridized carbons (Fsp3) is 1.00. The van der Waals surface area contributed by atoms with Gasteiger partial charge in [-0.25, -0.2) is 0 Å². The van der Waals surface area contributed by atoms with E-state index in [4.69, 9.17) is 12.6 Å². The van der Waals surface area contributed by atoms with Gasteiger partial charge in [0.15, 0.2) is 0 Å². The van der Waals surface area contributed by atoms with Crippen LogP contribution in [0, 0.1) is 29.1 Å². The molecule has 1 heteroatoms. The monoisotopic (exact) mass is 196 g/mol. The smallest absolute Gasteiger partial charge is 0.00813 e. The van der Waals surface area contributed by atoms with Crippen LogP contribution in [-0.4, -0.2) is 5.25 Å². The van der Waals surface area contributed by atoms with Crippen LogP contribution in [0.4, 0.5) is 0 Å². The second-order valence-corrected chi connectivity index (χ2v) is 6.34. The van der Waals surface area contributed by atoms with E-state index in [9.17, 15) is 0 Å². The predicted molar refractivity (Wildman–Crippen MR) is 59.0 cm³/mol. The molecule has 0 amide bonds. The van der Waals surface area contributed by atoms with E-state index < -0.39 is 0 Å². The van der Waals surface area contributed by atoms with Gasteiger partial charge in [-0.3, -0.25) is 0 Å². The minimum atomic E-state index is 0.729. The lowest BCUT2D eigenvalue weighted by Gasteiger charge is -2.74. The third kappa shape index (κ3) is 0.813. The van der Waals surface area contributed by atoms with Crippen molar-refractivity contribution in [3.8, 4) is 0 Å². The van der Waals surface area contributed by atoms with Crippen LogP contribution in [0.15, 0.2) is 0 Å². The van der Waals surface area contributed by atoms with Crippen LogP contribution < -0.4 is 0 Å². The highest BCUT2D eigenvalue weighted by Crippen LogP contribution is 2.77. The first-order valence-electron chi connectivity index (χ1n) is 5.86. The first-order chi connectivity index (χ1) is 6.18. The van der Waals surface area contributed by atoms with E-state index >= 15 is 0 Å². The van der Waals surface area contributed by atoms with E-state index in [2.05, 4.69) is 13.8 Å². The maximum absolute atomic E-state index is 4.88.